The Hall–Kier alpha value is -2.15. The Morgan fingerprint density at radius 3 is 2.89 bits per heavy atom. The van der Waals surface area contributed by atoms with Crippen LogP contribution in [0.15, 0.2) is 18.3 Å². The number of pyridine rings is 1. The zero-order valence-electron chi connectivity index (χ0n) is 10.9. The predicted molar refractivity (Wildman–Crippen MR) is 67.5 cm³/mol. The summed E-state index contributed by atoms with van der Waals surface area (Å²) >= 11 is 0. The molecular formula is C12H17N3O4. The Bertz CT molecular complexity index is 450. The molecule has 7 heteroatoms. The largest absolute Gasteiger partial charge is 0.453 e. The van der Waals surface area contributed by atoms with Crippen LogP contribution in [0.25, 0.3) is 0 Å². The topological polar surface area (TPSA) is 91.8 Å². The van der Waals surface area contributed by atoms with Crippen molar-refractivity contribution in [3.8, 4) is 0 Å². The highest BCUT2D eigenvalue weighted by atomic mass is 16.5. The number of aromatic nitrogens is 1. The van der Waals surface area contributed by atoms with E-state index in [1.54, 1.807) is 19.2 Å². The van der Waals surface area contributed by atoms with Crippen molar-refractivity contribution in [1.29, 1.82) is 0 Å². The molecule has 0 aliphatic rings. The van der Waals surface area contributed by atoms with E-state index < -0.39 is 6.09 Å². The fourth-order valence-electron chi connectivity index (χ4n) is 1.41. The molecular weight excluding hydrogens is 250 g/mol. The molecule has 2 N–H and O–H groups in total. The highest BCUT2D eigenvalue weighted by Crippen LogP contribution is 2.05. The SMILES string of the molecule is COC(=O)NCc1cc(C(=O)N(C)CCO)ccn1. The number of likely N-dealkylation sites (N-methyl/N-ethyl adjacent to an activating group) is 1. The van der Waals surface area contributed by atoms with Crippen molar-refractivity contribution in [3.05, 3.63) is 29.6 Å². The maximum absolute atomic E-state index is 12.0. The molecule has 0 atom stereocenters. The number of aliphatic hydroxyl groups excluding tert-OH is 1. The molecule has 0 saturated heterocycles. The number of alkyl carbamates (subject to hydrolysis) is 1. The van der Waals surface area contributed by atoms with Crippen molar-refractivity contribution in [3.63, 3.8) is 0 Å². The molecule has 1 aromatic heterocycles. The summed E-state index contributed by atoms with van der Waals surface area (Å²) in [4.78, 5) is 28.3. The molecule has 0 fully saturated rings. The number of hydrogen-bond donors (Lipinski definition) is 2. The monoisotopic (exact) mass is 267 g/mol. The van der Waals surface area contributed by atoms with Crippen LogP contribution in [0.5, 0.6) is 0 Å². The van der Waals surface area contributed by atoms with Crippen molar-refractivity contribution >= 4 is 12.0 Å². The number of carbonyl (C=O) groups excluding carboxylic acids is 2. The van der Waals surface area contributed by atoms with E-state index in [1.807, 2.05) is 0 Å². The summed E-state index contributed by atoms with van der Waals surface area (Å²) in [6, 6.07) is 3.17. The average molecular weight is 267 g/mol. The van der Waals surface area contributed by atoms with E-state index in [2.05, 4.69) is 15.0 Å². The Morgan fingerprint density at radius 2 is 2.26 bits per heavy atom. The molecule has 0 saturated carbocycles. The Morgan fingerprint density at radius 1 is 1.53 bits per heavy atom. The first-order valence-corrected chi connectivity index (χ1v) is 5.71. The molecule has 7 nitrogen and oxygen atoms in total. The molecule has 0 aliphatic heterocycles. The number of carbonyl (C=O) groups is 2. The third kappa shape index (κ3) is 4.55. The second-order valence-corrected chi connectivity index (χ2v) is 3.83. The summed E-state index contributed by atoms with van der Waals surface area (Å²) in [5.74, 6) is -0.212. The first-order chi connectivity index (χ1) is 9.08. The average Bonchev–Trinajstić information content (AvgIpc) is 2.44. The van der Waals surface area contributed by atoms with E-state index in [-0.39, 0.29) is 25.6 Å². The third-order valence-electron chi connectivity index (χ3n) is 2.44. The van der Waals surface area contributed by atoms with Gasteiger partial charge in [0.1, 0.15) is 0 Å². The molecule has 0 unspecified atom stereocenters. The summed E-state index contributed by atoms with van der Waals surface area (Å²) in [6.45, 7) is 0.346. The highest BCUT2D eigenvalue weighted by Gasteiger charge is 2.12. The van der Waals surface area contributed by atoms with Gasteiger partial charge in [0.15, 0.2) is 0 Å². The zero-order valence-corrected chi connectivity index (χ0v) is 10.9. The molecule has 104 valence electrons. The Labute approximate surface area is 111 Å². The van der Waals surface area contributed by atoms with Gasteiger partial charge in [0.2, 0.25) is 0 Å². The summed E-state index contributed by atoms with van der Waals surface area (Å²) < 4.78 is 4.44. The summed E-state index contributed by atoms with van der Waals surface area (Å²) in [7, 11) is 2.87. The lowest BCUT2D eigenvalue weighted by atomic mass is 10.2. The molecule has 2 amide bonds. The van der Waals surface area contributed by atoms with Crippen molar-refractivity contribution in [2.75, 3.05) is 27.3 Å². The lowest BCUT2D eigenvalue weighted by Crippen LogP contribution is -2.29. The van der Waals surface area contributed by atoms with Crippen molar-refractivity contribution in [2.24, 2.45) is 0 Å². The van der Waals surface area contributed by atoms with Crippen molar-refractivity contribution in [2.45, 2.75) is 6.54 Å². The minimum Gasteiger partial charge on any atom is -0.453 e. The molecule has 0 bridgehead atoms. The first kappa shape index (κ1) is 14.9. The van der Waals surface area contributed by atoms with E-state index in [4.69, 9.17) is 5.11 Å². The second-order valence-electron chi connectivity index (χ2n) is 3.83. The van der Waals surface area contributed by atoms with Crippen molar-refractivity contribution in [1.82, 2.24) is 15.2 Å². The van der Waals surface area contributed by atoms with Crippen LogP contribution in [0, 0.1) is 0 Å². The zero-order chi connectivity index (χ0) is 14.3. The molecule has 0 radical (unpaired) electrons. The van der Waals surface area contributed by atoms with Crippen LogP contribution >= 0.6 is 0 Å². The maximum Gasteiger partial charge on any atom is 0.407 e. The van der Waals surface area contributed by atoms with Gasteiger partial charge in [0.25, 0.3) is 5.91 Å². The van der Waals surface area contributed by atoms with Gasteiger partial charge in [-0.3, -0.25) is 9.78 Å². The Kier molecular flexibility index (Phi) is 5.74. The van der Waals surface area contributed by atoms with Crippen LogP contribution in [0.1, 0.15) is 16.1 Å². The number of hydrogen-bond acceptors (Lipinski definition) is 5. The highest BCUT2D eigenvalue weighted by molar-refractivity contribution is 5.94. The van der Waals surface area contributed by atoms with E-state index in [0.29, 0.717) is 11.3 Å². The van der Waals surface area contributed by atoms with Crippen LogP contribution in [-0.4, -0.2) is 54.3 Å². The molecule has 0 spiro atoms. The van der Waals surface area contributed by atoms with E-state index in [9.17, 15) is 9.59 Å². The molecule has 0 aliphatic carbocycles. The van der Waals surface area contributed by atoms with Gasteiger partial charge in [-0.05, 0) is 12.1 Å². The van der Waals surface area contributed by atoms with E-state index in [1.165, 1.54) is 18.2 Å². The van der Waals surface area contributed by atoms with Gasteiger partial charge >= 0.3 is 6.09 Å². The van der Waals surface area contributed by atoms with Gasteiger partial charge in [-0.15, -0.1) is 0 Å². The van der Waals surface area contributed by atoms with Crippen LogP contribution < -0.4 is 5.32 Å². The maximum atomic E-state index is 12.0. The van der Waals surface area contributed by atoms with Gasteiger partial charge in [-0.1, -0.05) is 0 Å². The molecule has 1 aromatic rings. The van der Waals surface area contributed by atoms with Crippen LogP contribution in [0.3, 0.4) is 0 Å². The Balaban J connectivity index is 2.71. The lowest BCUT2D eigenvalue weighted by molar-refractivity contribution is 0.0766. The van der Waals surface area contributed by atoms with Crippen molar-refractivity contribution < 1.29 is 19.4 Å². The van der Waals surface area contributed by atoms with Gasteiger partial charge in [-0.2, -0.15) is 0 Å². The summed E-state index contributed by atoms with van der Waals surface area (Å²) in [6.07, 6.45) is 0.935. The minimum atomic E-state index is -0.559. The third-order valence-corrected chi connectivity index (χ3v) is 2.44. The van der Waals surface area contributed by atoms with Gasteiger partial charge in [0.05, 0.1) is 26.0 Å². The number of rotatable bonds is 5. The predicted octanol–water partition coefficient (Wildman–Crippen LogP) is 0.00190. The number of methoxy groups -OCH3 is 1. The molecule has 1 rings (SSSR count). The number of nitrogens with one attached hydrogen (secondary N) is 1. The number of ether oxygens (including phenoxy) is 1. The fraction of sp³-hybridized carbons (Fsp3) is 0.417. The van der Waals surface area contributed by atoms with Gasteiger partial charge in [-0.25, -0.2) is 4.79 Å². The van der Waals surface area contributed by atoms with E-state index in [0.717, 1.165) is 0 Å². The molecule has 0 aromatic carbocycles. The lowest BCUT2D eigenvalue weighted by Gasteiger charge is -2.15. The van der Waals surface area contributed by atoms with Crippen LogP contribution in [-0.2, 0) is 11.3 Å². The molecule has 1 heterocycles. The van der Waals surface area contributed by atoms with Gasteiger partial charge in [0, 0.05) is 25.4 Å². The number of nitrogens with zero attached hydrogens (tertiary/aromatic N) is 2. The van der Waals surface area contributed by atoms with Crippen LogP contribution in [0.2, 0.25) is 0 Å². The number of aliphatic hydroxyl groups is 1. The van der Waals surface area contributed by atoms with E-state index >= 15 is 0 Å². The molecule has 19 heavy (non-hydrogen) atoms. The first-order valence-electron chi connectivity index (χ1n) is 5.71. The normalized spacial score (nSPS) is 9.84. The van der Waals surface area contributed by atoms with Crippen LogP contribution in [0.4, 0.5) is 4.79 Å². The standard InChI is InChI=1S/C12H17N3O4/c1-15(5-6-16)11(17)9-3-4-13-10(7-9)8-14-12(18)19-2/h3-4,7,16H,5-6,8H2,1-2H3,(H,14,18). The fourth-order valence-corrected chi connectivity index (χ4v) is 1.41. The quantitative estimate of drug-likeness (QED) is 0.783. The minimum absolute atomic E-state index is 0.0932. The summed E-state index contributed by atoms with van der Waals surface area (Å²) in [5.41, 5.74) is 1.00. The number of amides is 2. The van der Waals surface area contributed by atoms with Gasteiger partial charge < -0.3 is 20.1 Å². The summed E-state index contributed by atoms with van der Waals surface area (Å²) in [5, 5.41) is 11.3. The smallest absolute Gasteiger partial charge is 0.407 e. The second kappa shape index (κ2) is 7.32.